The zero-order valence-electron chi connectivity index (χ0n) is 10.9. The molecule has 0 spiro atoms. The molecule has 1 amide bonds. The maximum atomic E-state index is 12.3. The van der Waals surface area contributed by atoms with Crippen molar-refractivity contribution >= 4 is 17.7 Å². The first-order valence-electron chi connectivity index (χ1n) is 7.04. The van der Waals surface area contributed by atoms with Crippen LogP contribution < -0.4 is 5.32 Å². The highest BCUT2D eigenvalue weighted by Crippen LogP contribution is 2.34. The SMILES string of the molecule is N#CC1(C(=O)NCC2CCSC2)CCCCCC1. The van der Waals surface area contributed by atoms with E-state index in [2.05, 4.69) is 11.4 Å². The Kier molecular flexibility index (Phi) is 4.94. The van der Waals surface area contributed by atoms with Crippen molar-refractivity contribution in [3.63, 3.8) is 0 Å². The Morgan fingerprint density at radius 2 is 2.06 bits per heavy atom. The van der Waals surface area contributed by atoms with Crippen molar-refractivity contribution < 1.29 is 4.79 Å². The van der Waals surface area contributed by atoms with Crippen LogP contribution in [0.2, 0.25) is 0 Å². The second-order valence-corrected chi connectivity index (χ2v) is 6.70. The van der Waals surface area contributed by atoms with Crippen molar-refractivity contribution in [2.45, 2.75) is 44.9 Å². The van der Waals surface area contributed by atoms with Gasteiger partial charge in [0, 0.05) is 6.54 Å². The summed E-state index contributed by atoms with van der Waals surface area (Å²) in [6.45, 7) is 0.759. The summed E-state index contributed by atoms with van der Waals surface area (Å²) in [5.74, 6) is 2.97. The van der Waals surface area contributed by atoms with Gasteiger partial charge in [-0.15, -0.1) is 0 Å². The molecule has 2 aliphatic rings. The fraction of sp³-hybridized carbons (Fsp3) is 0.857. The van der Waals surface area contributed by atoms with E-state index in [-0.39, 0.29) is 5.91 Å². The van der Waals surface area contributed by atoms with Gasteiger partial charge < -0.3 is 5.32 Å². The standard InChI is InChI=1S/C14H22N2OS/c15-11-14(6-3-1-2-4-7-14)13(17)16-9-12-5-8-18-10-12/h12H,1-10H2,(H,16,17). The van der Waals surface area contributed by atoms with Gasteiger partial charge in [-0.1, -0.05) is 25.7 Å². The molecule has 0 aromatic rings. The molecule has 2 rings (SSSR count). The largest absolute Gasteiger partial charge is 0.354 e. The Balaban J connectivity index is 1.89. The van der Waals surface area contributed by atoms with Crippen LogP contribution in [0.15, 0.2) is 0 Å². The van der Waals surface area contributed by atoms with E-state index < -0.39 is 5.41 Å². The molecule has 0 aromatic heterocycles. The summed E-state index contributed by atoms with van der Waals surface area (Å²) in [6, 6.07) is 2.32. The summed E-state index contributed by atoms with van der Waals surface area (Å²) in [7, 11) is 0. The van der Waals surface area contributed by atoms with Crippen LogP contribution in [0.1, 0.15) is 44.9 Å². The van der Waals surface area contributed by atoms with Gasteiger partial charge in [0.15, 0.2) is 0 Å². The fourth-order valence-electron chi connectivity index (χ4n) is 2.87. The van der Waals surface area contributed by atoms with E-state index in [0.29, 0.717) is 5.92 Å². The van der Waals surface area contributed by atoms with Crippen LogP contribution in [-0.4, -0.2) is 24.0 Å². The average Bonchev–Trinajstić information content (AvgIpc) is 2.79. The number of hydrogen-bond acceptors (Lipinski definition) is 3. The quantitative estimate of drug-likeness (QED) is 0.799. The average molecular weight is 266 g/mol. The van der Waals surface area contributed by atoms with Crippen LogP contribution in [-0.2, 0) is 4.79 Å². The molecule has 18 heavy (non-hydrogen) atoms. The molecule has 1 N–H and O–H groups in total. The van der Waals surface area contributed by atoms with Crippen molar-refractivity contribution in [3.05, 3.63) is 0 Å². The number of rotatable bonds is 3. The van der Waals surface area contributed by atoms with Crippen LogP contribution in [0.3, 0.4) is 0 Å². The van der Waals surface area contributed by atoms with Gasteiger partial charge in [-0.05, 0) is 36.7 Å². The first-order chi connectivity index (χ1) is 8.77. The Hall–Kier alpha value is -0.690. The lowest BCUT2D eigenvalue weighted by Gasteiger charge is -2.24. The van der Waals surface area contributed by atoms with Gasteiger partial charge in [-0.25, -0.2) is 0 Å². The molecule has 0 radical (unpaired) electrons. The molecule has 4 heteroatoms. The zero-order valence-corrected chi connectivity index (χ0v) is 11.7. The number of amides is 1. The third kappa shape index (κ3) is 3.20. The molecule has 1 saturated heterocycles. The number of carbonyl (C=O) groups is 1. The molecule has 100 valence electrons. The highest BCUT2D eigenvalue weighted by atomic mass is 32.2. The number of nitriles is 1. The minimum Gasteiger partial charge on any atom is -0.354 e. The summed E-state index contributed by atoms with van der Waals surface area (Å²) in [5.41, 5.74) is -0.734. The molecule has 1 heterocycles. The molecule has 1 saturated carbocycles. The van der Waals surface area contributed by atoms with Gasteiger partial charge in [0.1, 0.15) is 5.41 Å². The Labute approximate surface area is 114 Å². The maximum Gasteiger partial charge on any atom is 0.240 e. The van der Waals surface area contributed by atoms with Gasteiger partial charge in [0.25, 0.3) is 0 Å². The lowest BCUT2D eigenvalue weighted by molar-refractivity contribution is -0.128. The predicted molar refractivity (Wildman–Crippen MR) is 74.2 cm³/mol. The van der Waals surface area contributed by atoms with E-state index in [9.17, 15) is 10.1 Å². The van der Waals surface area contributed by atoms with Crippen molar-refractivity contribution in [2.75, 3.05) is 18.1 Å². The van der Waals surface area contributed by atoms with Gasteiger partial charge in [-0.2, -0.15) is 17.0 Å². The van der Waals surface area contributed by atoms with E-state index in [0.717, 1.165) is 50.8 Å². The zero-order chi connectivity index (χ0) is 12.8. The van der Waals surface area contributed by atoms with Crippen LogP contribution in [0.5, 0.6) is 0 Å². The minimum atomic E-state index is -0.734. The van der Waals surface area contributed by atoms with Crippen molar-refractivity contribution in [1.82, 2.24) is 5.32 Å². The summed E-state index contributed by atoms with van der Waals surface area (Å²) in [4.78, 5) is 12.3. The molecule has 0 aromatic carbocycles. The molecule has 3 nitrogen and oxygen atoms in total. The fourth-order valence-corrected chi connectivity index (χ4v) is 4.16. The van der Waals surface area contributed by atoms with E-state index in [4.69, 9.17) is 0 Å². The molecule has 1 unspecified atom stereocenters. The Morgan fingerprint density at radius 1 is 1.33 bits per heavy atom. The molecular weight excluding hydrogens is 244 g/mol. The van der Waals surface area contributed by atoms with Gasteiger partial charge in [-0.3, -0.25) is 4.79 Å². The Morgan fingerprint density at radius 3 is 2.61 bits per heavy atom. The molecule has 1 aliphatic carbocycles. The van der Waals surface area contributed by atoms with Gasteiger partial charge in [0.05, 0.1) is 6.07 Å². The van der Waals surface area contributed by atoms with Crippen LogP contribution >= 0.6 is 11.8 Å². The molecule has 1 aliphatic heterocycles. The number of nitrogens with zero attached hydrogens (tertiary/aromatic N) is 1. The number of thioether (sulfide) groups is 1. The molecular formula is C14H22N2OS. The smallest absolute Gasteiger partial charge is 0.240 e. The first kappa shape index (κ1) is 13.7. The van der Waals surface area contributed by atoms with E-state index in [1.807, 2.05) is 11.8 Å². The lowest BCUT2D eigenvalue weighted by Crippen LogP contribution is -2.41. The maximum absolute atomic E-state index is 12.3. The third-order valence-electron chi connectivity index (χ3n) is 4.18. The molecule has 1 atom stereocenters. The minimum absolute atomic E-state index is 0.0104. The number of nitrogens with one attached hydrogen (secondary N) is 1. The second-order valence-electron chi connectivity index (χ2n) is 5.55. The molecule has 2 fully saturated rings. The second kappa shape index (κ2) is 6.47. The summed E-state index contributed by atoms with van der Waals surface area (Å²) < 4.78 is 0. The van der Waals surface area contributed by atoms with Crippen LogP contribution in [0.4, 0.5) is 0 Å². The predicted octanol–water partition coefficient (Wildman–Crippen LogP) is 2.72. The monoisotopic (exact) mass is 266 g/mol. The van der Waals surface area contributed by atoms with Crippen molar-refractivity contribution in [3.8, 4) is 6.07 Å². The molecule has 0 bridgehead atoms. The lowest BCUT2D eigenvalue weighted by atomic mass is 9.81. The normalized spacial score (nSPS) is 27.2. The number of carbonyl (C=O) groups excluding carboxylic acids is 1. The Bertz CT molecular complexity index is 323. The third-order valence-corrected chi connectivity index (χ3v) is 5.41. The first-order valence-corrected chi connectivity index (χ1v) is 8.20. The summed E-state index contributed by atoms with van der Waals surface area (Å²) in [5, 5.41) is 12.5. The van der Waals surface area contributed by atoms with Gasteiger partial charge >= 0.3 is 0 Å². The highest BCUT2D eigenvalue weighted by molar-refractivity contribution is 7.99. The van der Waals surface area contributed by atoms with Crippen molar-refractivity contribution in [2.24, 2.45) is 11.3 Å². The topological polar surface area (TPSA) is 52.9 Å². The van der Waals surface area contributed by atoms with Gasteiger partial charge in [0.2, 0.25) is 5.91 Å². The van der Waals surface area contributed by atoms with Crippen LogP contribution in [0, 0.1) is 22.7 Å². The highest BCUT2D eigenvalue weighted by Gasteiger charge is 2.38. The number of hydrogen-bond donors (Lipinski definition) is 1. The van der Waals surface area contributed by atoms with E-state index in [1.165, 1.54) is 12.2 Å². The summed E-state index contributed by atoms with van der Waals surface area (Å²) in [6.07, 6.45) is 7.04. The summed E-state index contributed by atoms with van der Waals surface area (Å²) >= 11 is 1.96. The van der Waals surface area contributed by atoms with E-state index >= 15 is 0 Å². The van der Waals surface area contributed by atoms with Crippen LogP contribution in [0.25, 0.3) is 0 Å². The van der Waals surface area contributed by atoms with E-state index in [1.54, 1.807) is 0 Å². The van der Waals surface area contributed by atoms with Crippen molar-refractivity contribution in [1.29, 1.82) is 5.26 Å².